The maximum atomic E-state index is 11.6. The van der Waals surface area contributed by atoms with Gasteiger partial charge in [-0.1, -0.05) is 30.3 Å². The van der Waals surface area contributed by atoms with Crippen LogP contribution in [-0.2, 0) is 10.0 Å². The van der Waals surface area contributed by atoms with Gasteiger partial charge in [-0.25, -0.2) is 13.4 Å². The fourth-order valence-electron chi connectivity index (χ4n) is 3.03. The first-order valence-corrected chi connectivity index (χ1v) is 9.86. The molecule has 1 aromatic heterocycles. The van der Waals surface area contributed by atoms with Crippen molar-refractivity contribution >= 4 is 15.7 Å². The zero-order valence-electron chi connectivity index (χ0n) is 14.4. The van der Waals surface area contributed by atoms with E-state index in [-0.39, 0.29) is 5.92 Å². The molecule has 0 amide bonds. The number of sulfonamides is 1. The molecule has 2 N–H and O–H groups in total. The molecule has 25 heavy (non-hydrogen) atoms. The number of nitrogens with zero attached hydrogens (tertiary/aromatic N) is 1. The minimum atomic E-state index is -3.32. The second kappa shape index (κ2) is 6.72. The number of aryl methyl sites for hydroxylation is 1. The van der Waals surface area contributed by atoms with Gasteiger partial charge in [0.25, 0.3) is 0 Å². The molecule has 2 aromatic carbocycles. The fraction of sp³-hybridized carbons (Fsp3) is 0.211. The lowest BCUT2D eigenvalue weighted by Gasteiger charge is -2.21. The van der Waals surface area contributed by atoms with Crippen molar-refractivity contribution in [3.05, 3.63) is 82.9 Å². The molecule has 0 aliphatic rings. The number of imidazole rings is 1. The van der Waals surface area contributed by atoms with E-state index in [4.69, 9.17) is 0 Å². The van der Waals surface area contributed by atoms with Crippen molar-refractivity contribution in [2.24, 2.45) is 0 Å². The smallest absolute Gasteiger partial charge is 0.229 e. The second-order valence-corrected chi connectivity index (χ2v) is 7.98. The van der Waals surface area contributed by atoms with Gasteiger partial charge in [-0.15, -0.1) is 0 Å². The molecular formula is C19H21N3O2S. The largest absolute Gasteiger partial charge is 0.348 e. The van der Waals surface area contributed by atoms with E-state index in [2.05, 4.69) is 40.7 Å². The van der Waals surface area contributed by atoms with Gasteiger partial charge in [0, 0.05) is 17.6 Å². The van der Waals surface area contributed by atoms with E-state index in [9.17, 15) is 8.42 Å². The SMILES string of the molecule is Cc1cccc(C(c2cccc(NS(C)(=O)=O)c2)c2cnc[nH]2)c1C. The lowest BCUT2D eigenvalue weighted by molar-refractivity contribution is 0.607. The number of benzene rings is 2. The number of nitrogens with one attached hydrogen (secondary N) is 2. The van der Waals surface area contributed by atoms with Crippen LogP contribution in [0.2, 0.25) is 0 Å². The van der Waals surface area contributed by atoms with E-state index in [1.54, 1.807) is 12.4 Å². The van der Waals surface area contributed by atoms with Gasteiger partial charge in [0.1, 0.15) is 0 Å². The van der Waals surface area contributed by atoms with Gasteiger partial charge in [0.2, 0.25) is 10.0 Å². The van der Waals surface area contributed by atoms with Gasteiger partial charge in [0.15, 0.2) is 0 Å². The third-order valence-electron chi connectivity index (χ3n) is 4.31. The Hall–Kier alpha value is -2.60. The Morgan fingerprint density at radius 2 is 1.88 bits per heavy atom. The van der Waals surface area contributed by atoms with E-state index < -0.39 is 10.0 Å². The summed E-state index contributed by atoms with van der Waals surface area (Å²) in [5.74, 6) is -0.0521. The van der Waals surface area contributed by atoms with Crippen LogP contribution in [0.15, 0.2) is 55.0 Å². The molecule has 0 aliphatic heterocycles. The van der Waals surface area contributed by atoms with E-state index in [0.717, 1.165) is 17.5 Å². The number of hydrogen-bond acceptors (Lipinski definition) is 3. The van der Waals surface area contributed by atoms with E-state index in [1.165, 1.54) is 16.7 Å². The summed E-state index contributed by atoms with van der Waals surface area (Å²) in [6.45, 7) is 4.19. The van der Waals surface area contributed by atoms with Crippen molar-refractivity contribution in [1.29, 1.82) is 0 Å². The minimum absolute atomic E-state index is 0.0521. The van der Waals surface area contributed by atoms with Crippen LogP contribution in [0.5, 0.6) is 0 Å². The van der Waals surface area contributed by atoms with Crippen molar-refractivity contribution in [3.8, 4) is 0 Å². The summed E-state index contributed by atoms with van der Waals surface area (Å²) < 4.78 is 25.6. The number of aromatic nitrogens is 2. The summed E-state index contributed by atoms with van der Waals surface area (Å²) in [6, 6.07) is 13.7. The van der Waals surface area contributed by atoms with E-state index >= 15 is 0 Å². The Morgan fingerprint density at radius 1 is 1.12 bits per heavy atom. The highest BCUT2D eigenvalue weighted by Gasteiger charge is 2.21. The summed E-state index contributed by atoms with van der Waals surface area (Å²) in [5, 5.41) is 0. The van der Waals surface area contributed by atoms with Crippen LogP contribution in [0.3, 0.4) is 0 Å². The maximum absolute atomic E-state index is 11.6. The summed E-state index contributed by atoms with van der Waals surface area (Å²) in [7, 11) is -3.32. The number of anilines is 1. The van der Waals surface area contributed by atoms with Crippen LogP contribution >= 0.6 is 0 Å². The van der Waals surface area contributed by atoms with Crippen molar-refractivity contribution < 1.29 is 8.42 Å². The average Bonchev–Trinajstić information content (AvgIpc) is 3.04. The van der Waals surface area contributed by atoms with Crippen molar-refractivity contribution in [1.82, 2.24) is 9.97 Å². The first-order chi connectivity index (χ1) is 11.8. The Morgan fingerprint density at radius 3 is 2.56 bits per heavy atom. The van der Waals surface area contributed by atoms with Gasteiger partial charge in [-0.2, -0.15) is 0 Å². The first kappa shape index (κ1) is 17.2. The van der Waals surface area contributed by atoms with Gasteiger partial charge in [-0.3, -0.25) is 4.72 Å². The monoisotopic (exact) mass is 355 g/mol. The molecule has 6 heteroatoms. The topological polar surface area (TPSA) is 74.8 Å². The molecule has 0 aliphatic carbocycles. The molecule has 0 saturated heterocycles. The third kappa shape index (κ3) is 3.91. The molecule has 0 spiro atoms. The Balaban J connectivity index is 2.14. The molecule has 5 nitrogen and oxygen atoms in total. The lowest BCUT2D eigenvalue weighted by atomic mass is 9.85. The first-order valence-electron chi connectivity index (χ1n) is 7.97. The number of rotatable bonds is 5. The Kier molecular flexibility index (Phi) is 4.63. The summed E-state index contributed by atoms with van der Waals surface area (Å²) in [5.41, 5.74) is 6.10. The molecule has 1 heterocycles. The highest BCUT2D eigenvalue weighted by molar-refractivity contribution is 7.92. The van der Waals surface area contributed by atoms with E-state index in [1.807, 2.05) is 30.5 Å². The molecule has 0 fully saturated rings. The van der Waals surface area contributed by atoms with Crippen LogP contribution in [0, 0.1) is 13.8 Å². The molecule has 3 rings (SSSR count). The standard InChI is InChI=1S/C19H21N3O2S/c1-13-6-4-9-17(14(13)2)19(18-11-20-12-21-18)15-7-5-8-16(10-15)22-25(3,23)24/h4-12,19,22H,1-3H3,(H,20,21). The van der Waals surface area contributed by atoms with Crippen molar-refractivity contribution in [3.63, 3.8) is 0 Å². The van der Waals surface area contributed by atoms with Crippen LogP contribution in [-0.4, -0.2) is 24.6 Å². The van der Waals surface area contributed by atoms with Gasteiger partial charge >= 0.3 is 0 Å². The minimum Gasteiger partial charge on any atom is -0.348 e. The molecule has 0 bridgehead atoms. The van der Waals surface area contributed by atoms with Crippen molar-refractivity contribution in [2.45, 2.75) is 19.8 Å². The normalized spacial score (nSPS) is 12.8. The summed E-state index contributed by atoms with van der Waals surface area (Å²) in [4.78, 5) is 7.36. The Bertz CT molecular complexity index is 980. The quantitative estimate of drug-likeness (QED) is 0.734. The predicted octanol–water partition coefficient (Wildman–Crippen LogP) is 3.58. The zero-order valence-corrected chi connectivity index (χ0v) is 15.3. The highest BCUT2D eigenvalue weighted by Crippen LogP contribution is 2.34. The predicted molar refractivity (Wildman–Crippen MR) is 100 cm³/mol. The fourth-order valence-corrected chi connectivity index (χ4v) is 3.59. The van der Waals surface area contributed by atoms with Gasteiger partial charge in [-0.05, 0) is 48.2 Å². The molecule has 1 atom stereocenters. The molecular weight excluding hydrogens is 334 g/mol. The zero-order chi connectivity index (χ0) is 18.0. The average molecular weight is 355 g/mol. The third-order valence-corrected chi connectivity index (χ3v) is 4.92. The van der Waals surface area contributed by atoms with Gasteiger partial charge < -0.3 is 4.98 Å². The maximum Gasteiger partial charge on any atom is 0.229 e. The number of aromatic amines is 1. The number of hydrogen-bond donors (Lipinski definition) is 2. The molecule has 0 saturated carbocycles. The highest BCUT2D eigenvalue weighted by atomic mass is 32.2. The number of H-pyrrole nitrogens is 1. The molecule has 0 radical (unpaired) electrons. The van der Waals surface area contributed by atoms with Crippen molar-refractivity contribution in [2.75, 3.05) is 11.0 Å². The van der Waals surface area contributed by atoms with Crippen LogP contribution < -0.4 is 4.72 Å². The van der Waals surface area contributed by atoms with Gasteiger partial charge in [0.05, 0.1) is 18.5 Å². The molecule has 3 aromatic rings. The summed E-state index contributed by atoms with van der Waals surface area (Å²) >= 11 is 0. The molecule has 130 valence electrons. The second-order valence-electron chi connectivity index (χ2n) is 6.23. The lowest BCUT2D eigenvalue weighted by Crippen LogP contribution is -2.11. The molecule has 1 unspecified atom stereocenters. The summed E-state index contributed by atoms with van der Waals surface area (Å²) in [6.07, 6.45) is 4.62. The van der Waals surface area contributed by atoms with E-state index in [0.29, 0.717) is 5.69 Å². The Labute approximate surface area is 148 Å². The van der Waals surface area contributed by atoms with Crippen LogP contribution in [0.25, 0.3) is 0 Å². The van der Waals surface area contributed by atoms with Crippen LogP contribution in [0.4, 0.5) is 5.69 Å². The van der Waals surface area contributed by atoms with Crippen LogP contribution in [0.1, 0.15) is 33.9 Å².